The Bertz CT molecular complexity index is 1250. The first-order valence-corrected chi connectivity index (χ1v) is 13.1. The second-order valence-corrected chi connectivity index (χ2v) is 11.3. The van der Waals surface area contributed by atoms with E-state index < -0.39 is 0 Å². The number of anilines is 1. The third-order valence-electron chi connectivity index (χ3n) is 6.32. The standard InChI is InChI=1S/C29H37N3O2S/c1-19-10-15-24(17-20(19)2)31-26(33)9-8-16-35-28-30-21(3)25(27(34)32(28)7)18-22-11-13-23(14-12-22)29(4,5)6/h10-15,17H,8-9,16,18H2,1-7H3,(H,31,33). The smallest absolute Gasteiger partial charge is 0.257 e. The van der Waals surface area contributed by atoms with Crippen molar-refractivity contribution in [2.75, 3.05) is 11.1 Å². The lowest BCUT2D eigenvalue weighted by Gasteiger charge is -2.19. The number of amides is 1. The number of nitrogens with zero attached hydrogens (tertiary/aromatic N) is 2. The van der Waals surface area contributed by atoms with Crippen molar-refractivity contribution in [2.45, 2.75) is 71.4 Å². The number of nitrogens with one attached hydrogen (secondary N) is 1. The summed E-state index contributed by atoms with van der Waals surface area (Å²) in [6.45, 7) is 12.6. The van der Waals surface area contributed by atoms with Crippen LogP contribution in [-0.2, 0) is 23.7 Å². The Morgan fingerprint density at radius 1 is 1.03 bits per heavy atom. The van der Waals surface area contributed by atoms with Crippen LogP contribution in [0.5, 0.6) is 0 Å². The van der Waals surface area contributed by atoms with E-state index in [0.717, 1.165) is 28.1 Å². The average molecular weight is 492 g/mol. The first kappa shape index (κ1) is 26.7. The van der Waals surface area contributed by atoms with Gasteiger partial charge in [0.2, 0.25) is 5.91 Å². The van der Waals surface area contributed by atoms with Gasteiger partial charge in [0, 0.05) is 42.6 Å². The van der Waals surface area contributed by atoms with Crippen LogP contribution in [0.15, 0.2) is 52.4 Å². The van der Waals surface area contributed by atoms with Crippen LogP contribution in [0.3, 0.4) is 0 Å². The van der Waals surface area contributed by atoms with Gasteiger partial charge in [0.05, 0.1) is 0 Å². The molecular formula is C29H37N3O2S. The monoisotopic (exact) mass is 491 g/mol. The number of carbonyl (C=O) groups excluding carboxylic acids is 1. The van der Waals surface area contributed by atoms with E-state index in [-0.39, 0.29) is 16.9 Å². The van der Waals surface area contributed by atoms with E-state index in [0.29, 0.717) is 30.2 Å². The molecule has 0 unspecified atom stereocenters. The van der Waals surface area contributed by atoms with Crippen LogP contribution < -0.4 is 10.9 Å². The summed E-state index contributed by atoms with van der Waals surface area (Å²) in [6.07, 6.45) is 1.70. The van der Waals surface area contributed by atoms with E-state index in [9.17, 15) is 9.59 Å². The van der Waals surface area contributed by atoms with Crippen molar-refractivity contribution in [2.24, 2.45) is 7.05 Å². The van der Waals surface area contributed by atoms with E-state index in [1.807, 2.05) is 32.0 Å². The van der Waals surface area contributed by atoms with Gasteiger partial charge in [0.15, 0.2) is 5.16 Å². The Kier molecular flexibility index (Phi) is 8.60. The maximum Gasteiger partial charge on any atom is 0.257 e. The SMILES string of the molecule is Cc1ccc(NC(=O)CCCSc2nc(C)c(Cc3ccc(C(C)(C)C)cc3)c(=O)n2C)cc1C. The van der Waals surface area contributed by atoms with Crippen LogP contribution in [0.25, 0.3) is 0 Å². The second-order valence-electron chi connectivity index (χ2n) is 10.2. The van der Waals surface area contributed by atoms with Gasteiger partial charge >= 0.3 is 0 Å². The molecule has 5 nitrogen and oxygen atoms in total. The number of thioether (sulfide) groups is 1. The van der Waals surface area contributed by atoms with Crippen molar-refractivity contribution in [3.63, 3.8) is 0 Å². The Morgan fingerprint density at radius 3 is 2.34 bits per heavy atom. The van der Waals surface area contributed by atoms with Gasteiger partial charge in [-0.1, -0.05) is 62.9 Å². The molecule has 1 N–H and O–H groups in total. The molecule has 186 valence electrons. The minimum Gasteiger partial charge on any atom is -0.326 e. The summed E-state index contributed by atoms with van der Waals surface area (Å²) in [6, 6.07) is 14.4. The van der Waals surface area contributed by atoms with Crippen LogP contribution in [0.4, 0.5) is 5.69 Å². The molecule has 0 fully saturated rings. The minimum atomic E-state index is -0.00705. The van der Waals surface area contributed by atoms with Crippen molar-refractivity contribution < 1.29 is 4.79 Å². The van der Waals surface area contributed by atoms with Crippen molar-refractivity contribution >= 4 is 23.4 Å². The van der Waals surface area contributed by atoms with Crippen LogP contribution in [0.1, 0.15) is 67.1 Å². The first-order chi connectivity index (χ1) is 16.5. The van der Waals surface area contributed by atoms with Crippen molar-refractivity contribution in [3.8, 4) is 0 Å². The first-order valence-electron chi connectivity index (χ1n) is 12.1. The third kappa shape index (κ3) is 7.07. The minimum absolute atomic E-state index is 0.000270. The molecular weight excluding hydrogens is 454 g/mol. The number of benzene rings is 2. The van der Waals surface area contributed by atoms with Gasteiger partial charge in [0.1, 0.15) is 0 Å². The number of rotatable bonds is 8. The summed E-state index contributed by atoms with van der Waals surface area (Å²) in [7, 11) is 1.77. The van der Waals surface area contributed by atoms with Crippen molar-refractivity contribution in [1.82, 2.24) is 9.55 Å². The molecule has 0 aliphatic heterocycles. The molecule has 0 spiro atoms. The van der Waals surface area contributed by atoms with E-state index in [1.54, 1.807) is 11.6 Å². The Hall–Kier alpha value is -2.86. The van der Waals surface area contributed by atoms with Crippen molar-refractivity contribution in [3.05, 3.63) is 86.3 Å². The number of hydrogen-bond acceptors (Lipinski definition) is 4. The fourth-order valence-corrected chi connectivity index (χ4v) is 4.78. The highest BCUT2D eigenvalue weighted by Gasteiger charge is 2.16. The summed E-state index contributed by atoms with van der Waals surface area (Å²) in [5.74, 6) is 0.716. The van der Waals surface area contributed by atoms with Crippen LogP contribution in [-0.4, -0.2) is 21.2 Å². The maximum atomic E-state index is 13.1. The summed E-state index contributed by atoms with van der Waals surface area (Å²) >= 11 is 1.52. The Balaban J connectivity index is 1.57. The van der Waals surface area contributed by atoms with E-state index in [1.165, 1.54) is 22.9 Å². The normalized spacial score (nSPS) is 11.5. The molecule has 1 aromatic heterocycles. The lowest BCUT2D eigenvalue weighted by atomic mass is 9.86. The van der Waals surface area contributed by atoms with Crippen LogP contribution in [0, 0.1) is 20.8 Å². The summed E-state index contributed by atoms with van der Waals surface area (Å²) in [5, 5.41) is 3.65. The zero-order chi connectivity index (χ0) is 25.8. The van der Waals surface area contributed by atoms with Gasteiger partial charge in [-0.2, -0.15) is 0 Å². The fraction of sp³-hybridized carbons (Fsp3) is 0.414. The topological polar surface area (TPSA) is 64.0 Å². The molecule has 3 aromatic rings. The number of carbonyl (C=O) groups is 1. The molecule has 0 radical (unpaired) electrons. The van der Waals surface area contributed by atoms with Gasteiger partial charge in [-0.05, 0) is 67.0 Å². The van der Waals surface area contributed by atoms with Crippen LogP contribution >= 0.6 is 11.8 Å². The van der Waals surface area contributed by atoms with Gasteiger partial charge < -0.3 is 5.32 Å². The Labute approximate surface area is 213 Å². The zero-order valence-electron chi connectivity index (χ0n) is 22.0. The third-order valence-corrected chi connectivity index (χ3v) is 7.44. The highest BCUT2D eigenvalue weighted by Crippen LogP contribution is 2.23. The lowest BCUT2D eigenvalue weighted by molar-refractivity contribution is -0.116. The fourth-order valence-electron chi connectivity index (χ4n) is 3.83. The summed E-state index contributed by atoms with van der Waals surface area (Å²) in [5.41, 5.74) is 7.17. The van der Waals surface area contributed by atoms with Crippen LogP contribution in [0.2, 0.25) is 0 Å². The highest BCUT2D eigenvalue weighted by molar-refractivity contribution is 7.99. The predicted molar refractivity (Wildman–Crippen MR) is 147 cm³/mol. The van der Waals surface area contributed by atoms with E-state index in [2.05, 4.69) is 57.3 Å². The summed E-state index contributed by atoms with van der Waals surface area (Å²) in [4.78, 5) is 30.1. The van der Waals surface area contributed by atoms with Crippen molar-refractivity contribution in [1.29, 1.82) is 0 Å². The zero-order valence-corrected chi connectivity index (χ0v) is 22.8. The second kappa shape index (κ2) is 11.3. The maximum absolute atomic E-state index is 13.1. The molecule has 2 aromatic carbocycles. The van der Waals surface area contributed by atoms with E-state index in [4.69, 9.17) is 4.98 Å². The summed E-state index contributed by atoms with van der Waals surface area (Å²) < 4.78 is 1.63. The van der Waals surface area contributed by atoms with Gasteiger partial charge in [-0.3, -0.25) is 14.2 Å². The largest absolute Gasteiger partial charge is 0.326 e. The molecule has 0 saturated heterocycles. The molecule has 35 heavy (non-hydrogen) atoms. The molecule has 0 aliphatic carbocycles. The molecule has 0 atom stereocenters. The lowest BCUT2D eigenvalue weighted by Crippen LogP contribution is -2.26. The average Bonchev–Trinajstić information content (AvgIpc) is 2.79. The molecule has 1 amide bonds. The Morgan fingerprint density at radius 2 is 1.71 bits per heavy atom. The molecule has 0 aliphatic rings. The number of aryl methyl sites for hydroxylation is 3. The molecule has 0 bridgehead atoms. The quantitative estimate of drug-likeness (QED) is 0.235. The molecule has 1 heterocycles. The highest BCUT2D eigenvalue weighted by atomic mass is 32.2. The number of hydrogen-bond donors (Lipinski definition) is 1. The molecule has 0 saturated carbocycles. The molecule has 3 rings (SSSR count). The van der Waals surface area contributed by atoms with Gasteiger partial charge in [-0.25, -0.2) is 4.98 Å². The number of aromatic nitrogens is 2. The molecule has 6 heteroatoms. The van der Waals surface area contributed by atoms with E-state index >= 15 is 0 Å². The van der Waals surface area contributed by atoms with Gasteiger partial charge in [0.25, 0.3) is 5.56 Å². The predicted octanol–water partition coefficient (Wildman–Crippen LogP) is 6.10. The van der Waals surface area contributed by atoms with Gasteiger partial charge in [-0.15, -0.1) is 0 Å².